The van der Waals surface area contributed by atoms with Crippen LogP contribution in [0.25, 0.3) is 0 Å². The summed E-state index contributed by atoms with van der Waals surface area (Å²) < 4.78 is 1.65. The number of piperidine rings is 1. The minimum Gasteiger partial charge on any atom is -0.338 e. The van der Waals surface area contributed by atoms with E-state index in [0.717, 1.165) is 19.4 Å². The van der Waals surface area contributed by atoms with Gasteiger partial charge in [0.1, 0.15) is 0 Å². The summed E-state index contributed by atoms with van der Waals surface area (Å²) in [5, 5.41) is 9.82. The van der Waals surface area contributed by atoms with Gasteiger partial charge in [0, 0.05) is 39.3 Å². The highest BCUT2D eigenvalue weighted by Crippen LogP contribution is 2.20. The van der Waals surface area contributed by atoms with Crippen molar-refractivity contribution in [1.29, 1.82) is 0 Å². The van der Waals surface area contributed by atoms with E-state index in [4.69, 9.17) is 0 Å². The van der Waals surface area contributed by atoms with E-state index in [0.29, 0.717) is 31.1 Å². The maximum absolute atomic E-state index is 12.1. The molecule has 2 N–H and O–H groups in total. The summed E-state index contributed by atoms with van der Waals surface area (Å²) in [5.41, 5.74) is 0.708. The Morgan fingerprint density at radius 3 is 2.87 bits per heavy atom. The van der Waals surface area contributed by atoms with E-state index in [1.54, 1.807) is 17.1 Å². The lowest BCUT2D eigenvalue weighted by atomic mass is 9.94. The van der Waals surface area contributed by atoms with Crippen LogP contribution in [0.15, 0.2) is 12.4 Å². The number of aromatic nitrogens is 2. The topological polar surface area (TPSA) is 79.3 Å². The van der Waals surface area contributed by atoms with Crippen molar-refractivity contribution in [2.24, 2.45) is 18.9 Å². The molecule has 1 aliphatic heterocycles. The van der Waals surface area contributed by atoms with Crippen LogP contribution in [0.3, 0.4) is 0 Å². The van der Waals surface area contributed by atoms with Gasteiger partial charge in [0.05, 0.1) is 11.9 Å². The van der Waals surface area contributed by atoms with Gasteiger partial charge in [-0.05, 0) is 24.7 Å². The lowest BCUT2D eigenvalue weighted by molar-refractivity contribution is -0.117. The molecule has 0 bridgehead atoms. The Hall–Kier alpha value is -2.05. The fraction of sp³-hybridized carbons (Fsp3) is 0.688. The average Bonchev–Trinajstić information content (AvgIpc) is 2.89. The molecule has 0 unspecified atom stereocenters. The maximum atomic E-state index is 12.1. The second-order valence-electron chi connectivity index (χ2n) is 6.69. The Morgan fingerprint density at radius 1 is 1.43 bits per heavy atom. The Morgan fingerprint density at radius 2 is 2.22 bits per heavy atom. The average molecular weight is 321 g/mol. The van der Waals surface area contributed by atoms with Gasteiger partial charge in [-0.15, -0.1) is 0 Å². The molecular formula is C16H27N5O2. The van der Waals surface area contributed by atoms with Crippen molar-refractivity contribution in [3.63, 3.8) is 0 Å². The molecule has 1 atom stereocenters. The van der Waals surface area contributed by atoms with Crippen molar-refractivity contribution >= 4 is 17.6 Å². The van der Waals surface area contributed by atoms with Gasteiger partial charge in [0.15, 0.2) is 0 Å². The lowest BCUT2D eigenvalue weighted by Gasteiger charge is -2.32. The molecule has 1 fully saturated rings. The summed E-state index contributed by atoms with van der Waals surface area (Å²) in [5.74, 6) is 0.627. The fourth-order valence-electron chi connectivity index (χ4n) is 2.78. The molecule has 3 amide bonds. The molecule has 7 nitrogen and oxygen atoms in total. The highest BCUT2D eigenvalue weighted by atomic mass is 16.2. The number of carbonyl (C=O) groups is 2. The summed E-state index contributed by atoms with van der Waals surface area (Å²) in [6, 6.07) is -0.0175. The molecule has 0 saturated carbocycles. The van der Waals surface area contributed by atoms with Gasteiger partial charge in [0.25, 0.3) is 0 Å². The molecule has 0 aliphatic carbocycles. The molecule has 1 saturated heterocycles. The first-order chi connectivity index (χ1) is 10.9. The van der Waals surface area contributed by atoms with E-state index in [9.17, 15) is 9.59 Å². The van der Waals surface area contributed by atoms with E-state index < -0.39 is 0 Å². The van der Waals surface area contributed by atoms with E-state index in [1.165, 1.54) is 0 Å². The second kappa shape index (κ2) is 7.99. The first kappa shape index (κ1) is 17.3. The Kier molecular flexibility index (Phi) is 6.01. The van der Waals surface area contributed by atoms with Crippen molar-refractivity contribution < 1.29 is 9.59 Å². The van der Waals surface area contributed by atoms with Crippen LogP contribution >= 0.6 is 0 Å². The monoisotopic (exact) mass is 321 g/mol. The van der Waals surface area contributed by atoms with Crippen LogP contribution in [0.1, 0.15) is 33.1 Å². The van der Waals surface area contributed by atoms with Crippen LogP contribution in [0.2, 0.25) is 0 Å². The summed E-state index contributed by atoms with van der Waals surface area (Å²) in [6.45, 7) is 6.24. The number of hydrogen-bond donors (Lipinski definition) is 2. The van der Waals surface area contributed by atoms with Crippen molar-refractivity contribution in [3.05, 3.63) is 12.4 Å². The van der Waals surface area contributed by atoms with Gasteiger partial charge in [-0.1, -0.05) is 13.8 Å². The number of rotatable bonds is 5. The zero-order valence-corrected chi connectivity index (χ0v) is 14.2. The predicted molar refractivity (Wildman–Crippen MR) is 89.0 cm³/mol. The standard InChI is InChI=1S/C16H27N5O2/c1-12(2)8-17-16(23)21-6-4-5-13(10-21)7-15(22)19-14-9-18-20(3)11-14/h9,11-13H,4-8,10H2,1-3H3,(H,17,23)(H,19,22)/t13-/m1/s1. The summed E-state index contributed by atoms with van der Waals surface area (Å²) in [7, 11) is 1.81. The molecule has 128 valence electrons. The number of nitrogens with one attached hydrogen (secondary N) is 2. The number of anilines is 1. The van der Waals surface area contributed by atoms with Crippen LogP contribution in [0, 0.1) is 11.8 Å². The van der Waals surface area contributed by atoms with E-state index in [1.807, 2.05) is 11.9 Å². The molecule has 0 aromatic carbocycles. The molecule has 2 rings (SSSR count). The molecular weight excluding hydrogens is 294 g/mol. The highest BCUT2D eigenvalue weighted by Gasteiger charge is 2.25. The molecule has 0 spiro atoms. The number of nitrogens with zero attached hydrogens (tertiary/aromatic N) is 3. The Bertz CT molecular complexity index is 540. The third-order valence-corrected chi connectivity index (χ3v) is 3.93. The van der Waals surface area contributed by atoms with Crippen molar-refractivity contribution in [2.75, 3.05) is 25.0 Å². The number of likely N-dealkylation sites (tertiary alicyclic amines) is 1. The quantitative estimate of drug-likeness (QED) is 0.868. The van der Waals surface area contributed by atoms with Gasteiger partial charge in [-0.2, -0.15) is 5.10 Å². The highest BCUT2D eigenvalue weighted by molar-refractivity contribution is 5.90. The van der Waals surface area contributed by atoms with Crippen LogP contribution in [-0.2, 0) is 11.8 Å². The van der Waals surface area contributed by atoms with Crippen molar-refractivity contribution in [2.45, 2.75) is 33.1 Å². The van der Waals surface area contributed by atoms with Gasteiger partial charge in [0.2, 0.25) is 5.91 Å². The van der Waals surface area contributed by atoms with Gasteiger partial charge >= 0.3 is 6.03 Å². The smallest absolute Gasteiger partial charge is 0.317 e. The van der Waals surface area contributed by atoms with E-state index >= 15 is 0 Å². The Balaban J connectivity index is 1.79. The molecule has 2 heterocycles. The van der Waals surface area contributed by atoms with Gasteiger partial charge in [-0.25, -0.2) is 4.79 Å². The third kappa shape index (κ3) is 5.58. The summed E-state index contributed by atoms with van der Waals surface area (Å²) >= 11 is 0. The Labute approximate surface area is 137 Å². The molecule has 0 radical (unpaired) electrons. The lowest BCUT2D eigenvalue weighted by Crippen LogP contribution is -2.46. The minimum absolute atomic E-state index is 0.0175. The minimum atomic E-state index is -0.0209. The molecule has 1 aromatic rings. The first-order valence-electron chi connectivity index (χ1n) is 8.25. The molecule has 1 aromatic heterocycles. The zero-order chi connectivity index (χ0) is 16.8. The molecule has 23 heavy (non-hydrogen) atoms. The molecule has 1 aliphatic rings. The third-order valence-electron chi connectivity index (χ3n) is 3.93. The largest absolute Gasteiger partial charge is 0.338 e. The van der Waals surface area contributed by atoms with E-state index in [-0.39, 0.29) is 17.9 Å². The predicted octanol–water partition coefficient (Wildman–Crippen LogP) is 1.83. The molecule has 7 heteroatoms. The van der Waals surface area contributed by atoms with Crippen molar-refractivity contribution in [3.8, 4) is 0 Å². The number of amides is 3. The summed E-state index contributed by atoms with van der Waals surface area (Å²) in [4.78, 5) is 26.1. The summed E-state index contributed by atoms with van der Waals surface area (Å²) in [6.07, 6.45) is 5.76. The van der Waals surface area contributed by atoms with Gasteiger partial charge < -0.3 is 15.5 Å². The van der Waals surface area contributed by atoms with Crippen LogP contribution < -0.4 is 10.6 Å². The SMILES string of the molecule is CC(C)CNC(=O)N1CCC[C@H](CC(=O)Nc2cnn(C)c2)C1. The zero-order valence-electron chi connectivity index (χ0n) is 14.2. The normalized spacial score (nSPS) is 18.1. The number of aryl methyl sites for hydroxylation is 1. The second-order valence-corrected chi connectivity index (χ2v) is 6.69. The first-order valence-corrected chi connectivity index (χ1v) is 8.25. The number of carbonyl (C=O) groups excluding carboxylic acids is 2. The van der Waals surface area contributed by atoms with Crippen molar-refractivity contribution in [1.82, 2.24) is 20.0 Å². The number of urea groups is 1. The fourth-order valence-corrected chi connectivity index (χ4v) is 2.78. The van der Waals surface area contributed by atoms with E-state index in [2.05, 4.69) is 29.6 Å². The van der Waals surface area contributed by atoms with Gasteiger partial charge in [-0.3, -0.25) is 9.48 Å². The van der Waals surface area contributed by atoms with Crippen LogP contribution in [-0.4, -0.2) is 46.3 Å². The van der Waals surface area contributed by atoms with Crippen LogP contribution in [0.4, 0.5) is 10.5 Å². The van der Waals surface area contributed by atoms with Crippen LogP contribution in [0.5, 0.6) is 0 Å². The number of hydrogen-bond acceptors (Lipinski definition) is 3. The maximum Gasteiger partial charge on any atom is 0.317 e.